The van der Waals surface area contributed by atoms with Gasteiger partial charge in [-0.15, -0.1) is 11.3 Å². The van der Waals surface area contributed by atoms with E-state index in [4.69, 9.17) is 0 Å². The molecule has 0 aliphatic heterocycles. The monoisotopic (exact) mass is 450 g/mol. The number of urea groups is 1. The number of hydrogen-bond donors (Lipinski definition) is 2. The molecule has 7 heteroatoms. The SMILES string of the molecule is CCc1ccccc1NC(=O)N(Cc1nc(C(=O)NC(C)c2ccccc2)cs1)C(C)C. The molecule has 0 saturated heterocycles. The fourth-order valence-electron chi connectivity index (χ4n) is 3.36. The Kier molecular flexibility index (Phi) is 8.00. The second-order valence-corrected chi connectivity index (χ2v) is 8.84. The van der Waals surface area contributed by atoms with E-state index in [1.165, 1.54) is 11.3 Å². The number of carbonyl (C=O) groups excluding carboxylic acids is 2. The maximum atomic E-state index is 13.0. The number of anilines is 1. The van der Waals surface area contributed by atoms with Crippen LogP contribution in [0.15, 0.2) is 60.0 Å². The van der Waals surface area contributed by atoms with Gasteiger partial charge in [-0.25, -0.2) is 9.78 Å². The average molecular weight is 451 g/mol. The van der Waals surface area contributed by atoms with Crippen LogP contribution in [-0.4, -0.2) is 27.9 Å². The first kappa shape index (κ1) is 23.5. The Bertz CT molecular complexity index is 1050. The molecule has 0 bridgehead atoms. The zero-order chi connectivity index (χ0) is 23.1. The van der Waals surface area contributed by atoms with E-state index in [9.17, 15) is 9.59 Å². The van der Waals surface area contributed by atoms with E-state index >= 15 is 0 Å². The van der Waals surface area contributed by atoms with Gasteiger partial charge >= 0.3 is 6.03 Å². The Balaban J connectivity index is 1.66. The van der Waals surface area contributed by atoms with Crippen molar-refractivity contribution in [1.29, 1.82) is 0 Å². The first-order valence-corrected chi connectivity index (χ1v) is 11.7. The topological polar surface area (TPSA) is 74.3 Å². The summed E-state index contributed by atoms with van der Waals surface area (Å²) in [6, 6.07) is 17.3. The van der Waals surface area contributed by atoms with Crippen LogP contribution < -0.4 is 10.6 Å². The molecule has 32 heavy (non-hydrogen) atoms. The molecule has 6 nitrogen and oxygen atoms in total. The lowest BCUT2D eigenvalue weighted by Gasteiger charge is -2.26. The molecule has 0 fully saturated rings. The second kappa shape index (κ2) is 10.9. The summed E-state index contributed by atoms with van der Waals surface area (Å²) in [6.45, 7) is 8.28. The molecule has 0 aliphatic carbocycles. The van der Waals surface area contributed by atoms with Crippen molar-refractivity contribution in [2.75, 3.05) is 5.32 Å². The van der Waals surface area contributed by atoms with Gasteiger partial charge in [0.2, 0.25) is 0 Å². The van der Waals surface area contributed by atoms with Crippen molar-refractivity contribution in [3.05, 3.63) is 81.8 Å². The van der Waals surface area contributed by atoms with Crippen LogP contribution in [0.3, 0.4) is 0 Å². The van der Waals surface area contributed by atoms with Crippen LogP contribution in [0.5, 0.6) is 0 Å². The molecule has 2 N–H and O–H groups in total. The van der Waals surface area contributed by atoms with Crippen molar-refractivity contribution in [3.8, 4) is 0 Å². The van der Waals surface area contributed by atoms with E-state index in [1.54, 1.807) is 10.3 Å². The number of benzene rings is 2. The fraction of sp³-hybridized carbons (Fsp3) is 0.320. The normalized spacial score (nSPS) is 11.8. The third kappa shape index (κ3) is 5.95. The van der Waals surface area contributed by atoms with Crippen molar-refractivity contribution in [1.82, 2.24) is 15.2 Å². The highest BCUT2D eigenvalue weighted by atomic mass is 32.1. The van der Waals surface area contributed by atoms with E-state index in [0.717, 1.165) is 28.2 Å². The Morgan fingerprint density at radius 1 is 1.03 bits per heavy atom. The average Bonchev–Trinajstić information content (AvgIpc) is 3.27. The first-order valence-electron chi connectivity index (χ1n) is 10.8. The molecule has 1 heterocycles. The van der Waals surface area contributed by atoms with Gasteiger partial charge in [-0.2, -0.15) is 0 Å². The van der Waals surface area contributed by atoms with Gasteiger partial charge in [-0.3, -0.25) is 4.79 Å². The lowest BCUT2D eigenvalue weighted by molar-refractivity contribution is 0.0935. The first-order chi connectivity index (χ1) is 15.4. The van der Waals surface area contributed by atoms with Crippen LogP contribution in [0.1, 0.15) is 60.4 Å². The molecule has 0 spiro atoms. The number of aromatic nitrogens is 1. The largest absolute Gasteiger partial charge is 0.344 e. The summed E-state index contributed by atoms with van der Waals surface area (Å²) in [5, 5.41) is 8.46. The molecule has 0 aliphatic rings. The van der Waals surface area contributed by atoms with E-state index in [-0.39, 0.29) is 24.0 Å². The van der Waals surface area contributed by atoms with Crippen molar-refractivity contribution >= 4 is 29.0 Å². The van der Waals surface area contributed by atoms with E-state index in [2.05, 4.69) is 22.5 Å². The molecular formula is C25H30N4O2S. The van der Waals surface area contributed by atoms with Gasteiger partial charge < -0.3 is 15.5 Å². The quantitative estimate of drug-likeness (QED) is 0.466. The molecule has 3 amide bonds. The highest BCUT2D eigenvalue weighted by molar-refractivity contribution is 7.09. The van der Waals surface area contributed by atoms with Crippen molar-refractivity contribution in [2.45, 2.75) is 52.7 Å². The summed E-state index contributed by atoms with van der Waals surface area (Å²) in [5.74, 6) is -0.221. The van der Waals surface area contributed by atoms with Crippen LogP contribution in [0.2, 0.25) is 0 Å². The highest BCUT2D eigenvalue weighted by Crippen LogP contribution is 2.20. The van der Waals surface area contributed by atoms with Gasteiger partial charge in [0.1, 0.15) is 10.7 Å². The van der Waals surface area contributed by atoms with Crippen LogP contribution in [0, 0.1) is 0 Å². The maximum Gasteiger partial charge on any atom is 0.322 e. The van der Waals surface area contributed by atoms with Gasteiger partial charge in [-0.05, 0) is 44.4 Å². The zero-order valence-electron chi connectivity index (χ0n) is 19.0. The second-order valence-electron chi connectivity index (χ2n) is 7.89. The van der Waals surface area contributed by atoms with Crippen LogP contribution in [0.4, 0.5) is 10.5 Å². The van der Waals surface area contributed by atoms with Crippen molar-refractivity contribution in [2.24, 2.45) is 0 Å². The number of carbonyl (C=O) groups is 2. The third-order valence-corrected chi connectivity index (χ3v) is 6.09. The number of para-hydroxylation sites is 1. The molecule has 3 rings (SSSR count). The number of hydrogen-bond acceptors (Lipinski definition) is 4. The molecule has 1 aromatic heterocycles. The van der Waals surface area contributed by atoms with Gasteiger partial charge in [0.15, 0.2) is 0 Å². The van der Waals surface area contributed by atoms with E-state index in [0.29, 0.717) is 12.2 Å². The van der Waals surface area contributed by atoms with E-state index < -0.39 is 0 Å². The van der Waals surface area contributed by atoms with Crippen LogP contribution >= 0.6 is 11.3 Å². The number of amides is 3. The number of rotatable bonds is 8. The Morgan fingerprint density at radius 2 is 1.72 bits per heavy atom. The Hall–Kier alpha value is -3.19. The number of aryl methyl sites for hydroxylation is 1. The molecule has 0 saturated carbocycles. The minimum Gasteiger partial charge on any atom is -0.344 e. The summed E-state index contributed by atoms with van der Waals surface area (Å²) in [6.07, 6.45) is 0.838. The fourth-order valence-corrected chi connectivity index (χ4v) is 4.13. The molecule has 3 aromatic rings. The standard InChI is InChI=1S/C25H30N4O2S/c1-5-19-11-9-10-14-21(19)28-25(31)29(17(2)3)15-23-27-22(16-32-23)24(30)26-18(4)20-12-7-6-8-13-20/h6-14,16-18H,5,15H2,1-4H3,(H,26,30)(H,28,31). The summed E-state index contributed by atoms with van der Waals surface area (Å²) in [5.41, 5.74) is 3.31. The number of nitrogens with one attached hydrogen (secondary N) is 2. The lowest BCUT2D eigenvalue weighted by atomic mass is 10.1. The van der Waals surface area contributed by atoms with Gasteiger partial charge in [0.25, 0.3) is 5.91 Å². The summed E-state index contributed by atoms with van der Waals surface area (Å²) in [7, 11) is 0. The lowest BCUT2D eigenvalue weighted by Crippen LogP contribution is -2.39. The molecule has 2 aromatic carbocycles. The predicted octanol–water partition coefficient (Wildman–Crippen LogP) is 5.64. The highest BCUT2D eigenvalue weighted by Gasteiger charge is 2.21. The predicted molar refractivity (Wildman–Crippen MR) is 130 cm³/mol. The zero-order valence-corrected chi connectivity index (χ0v) is 19.8. The van der Waals surface area contributed by atoms with Gasteiger partial charge in [-0.1, -0.05) is 55.5 Å². The van der Waals surface area contributed by atoms with Gasteiger partial charge in [0.05, 0.1) is 12.6 Å². The van der Waals surface area contributed by atoms with Crippen molar-refractivity contribution < 1.29 is 9.59 Å². The Morgan fingerprint density at radius 3 is 2.41 bits per heavy atom. The van der Waals surface area contributed by atoms with Crippen LogP contribution in [-0.2, 0) is 13.0 Å². The molecule has 168 valence electrons. The third-order valence-electron chi connectivity index (χ3n) is 5.26. The van der Waals surface area contributed by atoms with Gasteiger partial charge in [0, 0.05) is 17.1 Å². The smallest absolute Gasteiger partial charge is 0.322 e. The van der Waals surface area contributed by atoms with Crippen LogP contribution in [0.25, 0.3) is 0 Å². The summed E-state index contributed by atoms with van der Waals surface area (Å²) < 4.78 is 0. The minimum atomic E-state index is -0.221. The molecule has 1 atom stereocenters. The molecular weight excluding hydrogens is 420 g/mol. The number of thiazole rings is 1. The summed E-state index contributed by atoms with van der Waals surface area (Å²) >= 11 is 1.38. The Labute approximate surface area is 193 Å². The number of nitrogens with zero attached hydrogens (tertiary/aromatic N) is 2. The summed E-state index contributed by atoms with van der Waals surface area (Å²) in [4.78, 5) is 31.8. The maximum absolute atomic E-state index is 13.0. The van der Waals surface area contributed by atoms with E-state index in [1.807, 2.05) is 75.4 Å². The minimum absolute atomic E-state index is 0.0249. The molecule has 0 radical (unpaired) electrons. The molecule has 1 unspecified atom stereocenters. The van der Waals surface area contributed by atoms with Crippen molar-refractivity contribution in [3.63, 3.8) is 0 Å².